The van der Waals surface area contributed by atoms with Crippen LogP contribution in [0.15, 0.2) is 18.2 Å². The summed E-state index contributed by atoms with van der Waals surface area (Å²) in [7, 11) is 0. The molecular weight excluding hydrogens is 295 g/mol. The maximum Gasteiger partial charge on any atom is 0.139 e. The fourth-order valence-corrected chi connectivity index (χ4v) is 2.47. The molecule has 108 valence electrons. The van der Waals surface area contributed by atoms with Crippen LogP contribution in [0.3, 0.4) is 0 Å². The summed E-state index contributed by atoms with van der Waals surface area (Å²) in [6.45, 7) is 4.72. The van der Waals surface area contributed by atoms with E-state index >= 15 is 0 Å². The van der Waals surface area contributed by atoms with Gasteiger partial charge in [-0.3, -0.25) is 5.10 Å². The van der Waals surface area contributed by atoms with Crippen molar-refractivity contribution < 1.29 is 4.74 Å². The minimum absolute atomic E-state index is 0.482. The second-order valence-electron chi connectivity index (χ2n) is 4.77. The van der Waals surface area contributed by atoms with E-state index in [0.717, 1.165) is 30.7 Å². The van der Waals surface area contributed by atoms with E-state index in [1.807, 2.05) is 19.1 Å². The van der Waals surface area contributed by atoms with Gasteiger partial charge in [-0.15, -0.1) is 0 Å². The van der Waals surface area contributed by atoms with Gasteiger partial charge in [0.2, 0.25) is 0 Å². The summed E-state index contributed by atoms with van der Waals surface area (Å²) < 4.78 is 5.66. The molecule has 20 heavy (non-hydrogen) atoms. The Morgan fingerprint density at radius 2 is 2.00 bits per heavy atom. The predicted molar refractivity (Wildman–Crippen MR) is 83.0 cm³/mol. The average molecular weight is 313 g/mol. The molecule has 0 unspecified atom stereocenters. The second-order valence-corrected chi connectivity index (χ2v) is 5.56. The van der Waals surface area contributed by atoms with Crippen molar-refractivity contribution in [2.24, 2.45) is 0 Å². The Morgan fingerprint density at radius 1 is 1.20 bits per heavy atom. The van der Waals surface area contributed by atoms with Crippen molar-refractivity contribution in [1.29, 1.82) is 0 Å². The Kier molecular flexibility index (Phi) is 5.32. The van der Waals surface area contributed by atoms with Crippen molar-refractivity contribution in [2.75, 3.05) is 6.61 Å². The lowest BCUT2D eigenvalue weighted by Crippen LogP contribution is -1.99. The van der Waals surface area contributed by atoms with Crippen molar-refractivity contribution in [1.82, 2.24) is 10.2 Å². The van der Waals surface area contributed by atoms with E-state index in [-0.39, 0.29) is 0 Å². The molecule has 5 heteroatoms. The van der Waals surface area contributed by atoms with E-state index in [4.69, 9.17) is 27.9 Å². The van der Waals surface area contributed by atoms with Crippen LogP contribution in [-0.2, 0) is 6.42 Å². The molecule has 2 aromatic rings. The molecule has 3 nitrogen and oxygen atoms in total. The van der Waals surface area contributed by atoms with Gasteiger partial charge in [0.05, 0.1) is 17.3 Å². The zero-order valence-electron chi connectivity index (χ0n) is 11.7. The normalized spacial score (nSPS) is 10.8. The Balaban J connectivity index is 1.76. The van der Waals surface area contributed by atoms with E-state index in [2.05, 4.69) is 17.1 Å². The third-order valence-corrected chi connectivity index (χ3v) is 4.08. The number of halogens is 2. The molecule has 0 bridgehead atoms. The van der Waals surface area contributed by atoms with Crippen LogP contribution in [0.4, 0.5) is 0 Å². The van der Waals surface area contributed by atoms with E-state index in [0.29, 0.717) is 22.4 Å². The number of nitrogens with one attached hydrogen (secondary N) is 1. The fourth-order valence-electron chi connectivity index (χ4n) is 2.12. The minimum Gasteiger partial charge on any atom is -0.492 e. The number of H-pyrrole nitrogens is 1. The topological polar surface area (TPSA) is 37.9 Å². The summed E-state index contributed by atoms with van der Waals surface area (Å²) in [5, 5.41) is 8.20. The van der Waals surface area contributed by atoms with E-state index < -0.39 is 0 Å². The molecule has 0 spiro atoms. The average Bonchev–Trinajstić information content (AvgIpc) is 2.74. The highest BCUT2D eigenvalue weighted by atomic mass is 35.5. The smallest absolute Gasteiger partial charge is 0.139 e. The molecule has 0 amide bonds. The fraction of sp³-hybridized carbons (Fsp3) is 0.400. The summed E-state index contributed by atoms with van der Waals surface area (Å²) in [5.41, 5.74) is 3.55. The van der Waals surface area contributed by atoms with Crippen molar-refractivity contribution in [3.63, 3.8) is 0 Å². The maximum absolute atomic E-state index is 6.06. The molecule has 0 radical (unpaired) electrons. The summed E-state index contributed by atoms with van der Waals surface area (Å²) in [6.07, 6.45) is 3.03. The molecule has 1 aromatic carbocycles. The first-order valence-corrected chi connectivity index (χ1v) is 7.42. The third-order valence-electron chi connectivity index (χ3n) is 3.28. The number of nitrogens with zero attached hydrogens (tertiary/aromatic N) is 1. The number of ether oxygens (including phenoxy) is 1. The van der Waals surface area contributed by atoms with Gasteiger partial charge < -0.3 is 4.74 Å². The molecule has 0 aliphatic heterocycles. The molecular formula is C15H18Cl2N2O. The number of aromatic nitrogens is 2. The van der Waals surface area contributed by atoms with Crippen LogP contribution in [-0.4, -0.2) is 16.8 Å². The lowest BCUT2D eigenvalue weighted by Gasteiger charge is -2.08. The molecule has 0 aliphatic carbocycles. The SMILES string of the molecule is Cc1n[nH]c(C)c1CCCCOc1cccc(Cl)c1Cl. The number of hydrogen-bond acceptors (Lipinski definition) is 2. The van der Waals surface area contributed by atoms with Crippen LogP contribution < -0.4 is 4.74 Å². The van der Waals surface area contributed by atoms with Gasteiger partial charge in [-0.25, -0.2) is 0 Å². The van der Waals surface area contributed by atoms with Crippen LogP contribution in [0.25, 0.3) is 0 Å². The molecule has 0 fully saturated rings. The largest absolute Gasteiger partial charge is 0.492 e. The van der Waals surface area contributed by atoms with Gasteiger partial charge in [-0.05, 0) is 50.8 Å². The lowest BCUT2D eigenvalue weighted by molar-refractivity contribution is 0.307. The van der Waals surface area contributed by atoms with Gasteiger partial charge in [0.1, 0.15) is 10.8 Å². The van der Waals surface area contributed by atoms with Crippen LogP contribution in [0.2, 0.25) is 10.0 Å². The first kappa shape index (κ1) is 15.2. The van der Waals surface area contributed by atoms with Gasteiger partial charge in [0.15, 0.2) is 0 Å². The minimum atomic E-state index is 0.482. The Labute approximate surface area is 129 Å². The Bertz CT molecular complexity index is 562. The van der Waals surface area contributed by atoms with E-state index in [1.165, 1.54) is 5.56 Å². The molecule has 1 heterocycles. The van der Waals surface area contributed by atoms with Crippen molar-refractivity contribution in [3.8, 4) is 5.75 Å². The first-order chi connectivity index (χ1) is 9.59. The summed E-state index contributed by atoms with van der Waals surface area (Å²) >= 11 is 12.0. The molecule has 0 aliphatic rings. The van der Waals surface area contributed by atoms with Crippen molar-refractivity contribution >= 4 is 23.2 Å². The van der Waals surface area contributed by atoms with Crippen LogP contribution >= 0.6 is 23.2 Å². The van der Waals surface area contributed by atoms with Crippen LogP contribution in [0.1, 0.15) is 29.8 Å². The number of aryl methyl sites for hydroxylation is 2. The summed E-state index contributed by atoms with van der Waals surface area (Å²) in [4.78, 5) is 0. The first-order valence-electron chi connectivity index (χ1n) is 6.67. The second kappa shape index (κ2) is 7.00. The number of unbranched alkanes of at least 4 members (excludes halogenated alkanes) is 1. The van der Waals surface area contributed by atoms with Crippen LogP contribution in [0, 0.1) is 13.8 Å². The molecule has 1 N–H and O–H groups in total. The summed E-state index contributed by atoms with van der Waals surface area (Å²) in [5.74, 6) is 0.648. The highest BCUT2D eigenvalue weighted by molar-refractivity contribution is 6.42. The van der Waals surface area contributed by atoms with E-state index in [1.54, 1.807) is 6.07 Å². The molecule has 0 atom stereocenters. The predicted octanol–water partition coefficient (Wildman–Crippen LogP) is 4.74. The van der Waals surface area contributed by atoms with Gasteiger partial charge in [-0.2, -0.15) is 5.10 Å². The van der Waals surface area contributed by atoms with Crippen molar-refractivity contribution in [3.05, 3.63) is 45.2 Å². The highest BCUT2D eigenvalue weighted by Crippen LogP contribution is 2.31. The number of aromatic amines is 1. The van der Waals surface area contributed by atoms with Gasteiger partial charge in [-0.1, -0.05) is 29.3 Å². The maximum atomic E-state index is 6.06. The Hall–Kier alpha value is -1.19. The zero-order chi connectivity index (χ0) is 14.5. The standard InChI is InChI=1S/C15H18Cl2N2O/c1-10-12(11(2)19-18-10)6-3-4-9-20-14-8-5-7-13(16)15(14)17/h5,7-8H,3-4,6,9H2,1-2H3,(H,18,19). The zero-order valence-corrected chi connectivity index (χ0v) is 13.2. The quantitative estimate of drug-likeness (QED) is 0.783. The highest BCUT2D eigenvalue weighted by Gasteiger charge is 2.07. The lowest BCUT2D eigenvalue weighted by atomic mass is 10.1. The van der Waals surface area contributed by atoms with Gasteiger partial charge in [0.25, 0.3) is 0 Å². The monoisotopic (exact) mass is 312 g/mol. The van der Waals surface area contributed by atoms with Gasteiger partial charge in [0, 0.05) is 5.69 Å². The van der Waals surface area contributed by atoms with Crippen LogP contribution in [0.5, 0.6) is 5.75 Å². The summed E-state index contributed by atoms with van der Waals surface area (Å²) in [6, 6.07) is 5.42. The molecule has 2 rings (SSSR count). The third kappa shape index (κ3) is 3.68. The number of rotatable bonds is 6. The molecule has 1 aromatic heterocycles. The molecule has 0 saturated carbocycles. The number of benzene rings is 1. The van der Waals surface area contributed by atoms with Gasteiger partial charge >= 0.3 is 0 Å². The molecule has 0 saturated heterocycles. The Morgan fingerprint density at radius 3 is 2.70 bits per heavy atom. The van der Waals surface area contributed by atoms with E-state index in [9.17, 15) is 0 Å². The van der Waals surface area contributed by atoms with Crippen molar-refractivity contribution in [2.45, 2.75) is 33.1 Å². The number of hydrogen-bond donors (Lipinski definition) is 1.